The predicted octanol–water partition coefficient (Wildman–Crippen LogP) is 2.05. The van der Waals surface area contributed by atoms with Crippen molar-refractivity contribution in [3.63, 3.8) is 0 Å². The molecule has 3 heteroatoms. The highest BCUT2D eigenvalue weighted by molar-refractivity contribution is 5.98. The SMILES string of the molecule is Nc1ccc2c(c1)C1C=CC=CC1C(=O)N2. The predicted molar refractivity (Wildman–Crippen MR) is 64.0 cm³/mol. The van der Waals surface area contributed by atoms with E-state index in [-0.39, 0.29) is 17.7 Å². The van der Waals surface area contributed by atoms with Gasteiger partial charge >= 0.3 is 0 Å². The van der Waals surface area contributed by atoms with Crippen molar-refractivity contribution >= 4 is 17.3 Å². The van der Waals surface area contributed by atoms with Crippen LogP contribution in [0.3, 0.4) is 0 Å². The summed E-state index contributed by atoms with van der Waals surface area (Å²) in [5.41, 5.74) is 8.49. The number of nitrogen functional groups attached to an aromatic ring is 1. The van der Waals surface area contributed by atoms with Crippen molar-refractivity contribution in [3.8, 4) is 0 Å². The number of anilines is 2. The van der Waals surface area contributed by atoms with E-state index in [1.807, 2.05) is 36.4 Å². The van der Waals surface area contributed by atoms with Crippen molar-refractivity contribution in [1.82, 2.24) is 0 Å². The maximum Gasteiger partial charge on any atom is 0.232 e. The molecule has 1 aliphatic carbocycles. The normalized spacial score (nSPS) is 25.9. The molecule has 1 aromatic carbocycles. The maximum atomic E-state index is 11.8. The number of rotatable bonds is 0. The first-order valence-corrected chi connectivity index (χ1v) is 5.31. The molecule has 0 bridgehead atoms. The van der Waals surface area contributed by atoms with Crippen LogP contribution >= 0.6 is 0 Å². The Morgan fingerprint density at radius 1 is 1.12 bits per heavy atom. The average molecular weight is 212 g/mol. The molecule has 0 radical (unpaired) electrons. The van der Waals surface area contributed by atoms with Crippen LogP contribution in [-0.4, -0.2) is 5.91 Å². The fourth-order valence-corrected chi connectivity index (χ4v) is 2.34. The van der Waals surface area contributed by atoms with E-state index >= 15 is 0 Å². The second kappa shape index (κ2) is 3.23. The topological polar surface area (TPSA) is 55.1 Å². The average Bonchev–Trinajstić information content (AvgIpc) is 2.31. The van der Waals surface area contributed by atoms with E-state index in [1.54, 1.807) is 0 Å². The Balaban J connectivity index is 2.16. The molecule has 2 atom stereocenters. The Hall–Kier alpha value is -2.03. The molecule has 0 fully saturated rings. The molecule has 16 heavy (non-hydrogen) atoms. The number of hydrogen-bond acceptors (Lipinski definition) is 2. The van der Waals surface area contributed by atoms with E-state index in [2.05, 4.69) is 11.4 Å². The summed E-state index contributed by atoms with van der Waals surface area (Å²) in [7, 11) is 0. The minimum atomic E-state index is -0.0979. The number of amides is 1. The molecule has 0 spiro atoms. The summed E-state index contributed by atoms with van der Waals surface area (Å²) in [5, 5.41) is 2.91. The molecule has 1 amide bonds. The Morgan fingerprint density at radius 2 is 1.88 bits per heavy atom. The lowest BCUT2D eigenvalue weighted by Gasteiger charge is -2.31. The fourth-order valence-electron chi connectivity index (χ4n) is 2.34. The van der Waals surface area contributed by atoms with Gasteiger partial charge in [0, 0.05) is 17.3 Å². The number of nitrogens with two attached hydrogens (primary N) is 1. The molecule has 1 aliphatic heterocycles. The summed E-state index contributed by atoms with van der Waals surface area (Å²) < 4.78 is 0. The zero-order valence-electron chi connectivity index (χ0n) is 8.68. The molecule has 1 heterocycles. The number of hydrogen-bond donors (Lipinski definition) is 2. The van der Waals surface area contributed by atoms with Gasteiger partial charge in [-0.1, -0.05) is 24.3 Å². The van der Waals surface area contributed by atoms with E-state index in [0.717, 1.165) is 16.9 Å². The highest BCUT2D eigenvalue weighted by Crippen LogP contribution is 2.39. The van der Waals surface area contributed by atoms with Crippen molar-refractivity contribution in [2.24, 2.45) is 5.92 Å². The summed E-state index contributed by atoms with van der Waals surface area (Å²) >= 11 is 0. The lowest BCUT2D eigenvalue weighted by atomic mass is 9.79. The molecule has 1 aromatic rings. The van der Waals surface area contributed by atoms with Crippen LogP contribution in [-0.2, 0) is 4.79 Å². The molecule has 0 aromatic heterocycles. The van der Waals surface area contributed by atoms with E-state index < -0.39 is 0 Å². The van der Waals surface area contributed by atoms with Gasteiger partial charge in [0.25, 0.3) is 0 Å². The molecular weight excluding hydrogens is 200 g/mol. The molecule has 0 saturated heterocycles. The summed E-state index contributed by atoms with van der Waals surface area (Å²) in [5.74, 6) is 0.0828. The fraction of sp³-hybridized carbons (Fsp3) is 0.154. The number of nitrogens with one attached hydrogen (secondary N) is 1. The molecule has 2 unspecified atom stereocenters. The number of carbonyl (C=O) groups excluding carboxylic acids is 1. The standard InChI is InChI=1S/C13H12N2O/c14-8-5-6-12-11(7-8)9-3-1-2-4-10(9)13(16)15-12/h1-7,9-10H,14H2,(H,15,16). The Morgan fingerprint density at radius 3 is 2.69 bits per heavy atom. The highest BCUT2D eigenvalue weighted by Gasteiger charge is 2.33. The Kier molecular flexibility index (Phi) is 1.86. The first kappa shape index (κ1) is 9.21. The molecule has 0 saturated carbocycles. The Labute approximate surface area is 93.6 Å². The minimum Gasteiger partial charge on any atom is -0.399 e. The lowest BCUT2D eigenvalue weighted by Crippen LogP contribution is -2.32. The zero-order valence-corrected chi connectivity index (χ0v) is 8.68. The van der Waals surface area contributed by atoms with Crippen LogP contribution < -0.4 is 11.1 Å². The molecule has 3 nitrogen and oxygen atoms in total. The van der Waals surface area contributed by atoms with Crippen molar-refractivity contribution in [1.29, 1.82) is 0 Å². The van der Waals surface area contributed by atoms with Gasteiger partial charge < -0.3 is 11.1 Å². The van der Waals surface area contributed by atoms with Gasteiger partial charge in [-0.05, 0) is 23.8 Å². The van der Waals surface area contributed by atoms with Gasteiger partial charge in [0.15, 0.2) is 0 Å². The smallest absolute Gasteiger partial charge is 0.232 e. The van der Waals surface area contributed by atoms with Crippen molar-refractivity contribution in [2.45, 2.75) is 5.92 Å². The van der Waals surface area contributed by atoms with E-state index in [1.165, 1.54) is 0 Å². The number of allylic oxidation sites excluding steroid dienone is 3. The monoisotopic (exact) mass is 212 g/mol. The third kappa shape index (κ3) is 1.25. The first-order valence-electron chi connectivity index (χ1n) is 5.31. The zero-order chi connectivity index (χ0) is 11.1. The van der Waals surface area contributed by atoms with Gasteiger partial charge in [-0.15, -0.1) is 0 Å². The first-order chi connectivity index (χ1) is 7.75. The number of carbonyl (C=O) groups is 1. The second-order valence-electron chi connectivity index (χ2n) is 4.16. The van der Waals surface area contributed by atoms with Crippen LogP contribution in [0.1, 0.15) is 11.5 Å². The van der Waals surface area contributed by atoms with Gasteiger partial charge in [0.05, 0.1) is 5.92 Å². The van der Waals surface area contributed by atoms with E-state index in [4.69, 9.17) is 5.73 Å². The largest absolute Gasteiger partial charge is 0.399 e. The van der Waals surface area contributed by atoms with Crippen molar-refractivity contribution < 1.29 is 4.79 Å². The van der Waals surface area contributed by atoms with Crippen LogP contribution in [0.15, 0.2) is 42.5 Å². The molecular formula is C13H12N2O. The third-order valence-electron chi connectivity index (χ3n) is 3.13. The lowest BCUT2D eigenvalue weighted by molar-refractivity contribution is -0.119. The number of fused-ring (bicyclic) bond motifs is 3. The van der Waals surface area contributed by atoms with Gasteiger partial charge in [-0.2, -0.15) is 0 Å². The maximum absolute atomic E-state index is 11.8. The van der Waals surface area contributed by atoms with E-state index in [0.29, 0.717) is 0 Å². The second-order valence-corrected chi connectivity index (χ2v) is 4.16. The van der Waals surface area contributed by atoms with Crippen LogP contribution in [0.2, 0.25) is 0 Å². The minimum absolute atomic E-state index is 0.0582. The van der Waals surface area contributed by atoms with Gasteiger partial charge in [-0.3, -0.25) is 4.79 Å². The van der Waals surface area contributed by atoms with E-state index in [9.17, 15) is 4.79 Å². The molecule has 2 aliphatic rings. The van der Waals surface area contributed by atoms with Crippen molar-refractivity contribution in [3.05, 3.63) is 48.1 Å². The molecule has 80 valence electrons. The van der Waals surface area contributed by atoms with Crippen molar-refractivity contribution in [2.75, 3.05) is 11.1 Å². The quantitative estimate of drug-likeness (QED) is 0.647. The van der Waals surface area contributed by atoms with Crippen LogP contribution in [0.5, 0.6) is 0 Å². The number of benzene rings is 1. The summed E-state index contributed by atoms with van der Waals surface area (Å²) in [6, 6.07) is 5.61. The summed E-state index contributed by atoms with van der Waals surface area (Å²) in [6.45, 7) is 0. The Bertz CT molecular complexity index is 517. The van der Waals surface area contributed by atoms with Gasteiger partial charge in [-0.25, -0.2) is 0 Å². The molecule has 3 N–H and O–H groups in total. The summed E-state index contributed by atoms with van der Waals surface area (Å²) in [6.07, 6.45) is 7.89. The van der Waals surface area contributed by atoms with Crippen LogP contribution in [0.4, 0.5) is 11.4 Å². The van der Waals surface area contributed by atoms with Crippen LogP contribution in [0, 0.1) is 5.92 Å². The summed E-state index contributed by atoms with van der Waals surface area (Å²) in [4.78, 5) is 11.8. The highest BCUT2D eigenvalue weighted by atomic mass is 16.1. The van der Waals surface area contributed by atoms with Gasteiger partial charge in [0.2, 0.25) is 5.91 Å². The van der Waals surface area contributed by atoms with Crippen LogP contribution in [0.25, 0.3) is 0 Å². The van der Waals surface area contributed by atoms with Gasteiger partial charge in [0.1, 0.15) is 0 Å². The third-order valence-corrected chi connectivity index (χ3v) is 3.13. The molecule has 3 rings (SSSR count).